The molecule has 0 heterocycles. The molecule has 6 heteroatoms. The van der Waals surface area contributed by atoms with Crippen LogP contribution in [0.2, 0.25) is 0 Å². The predicted octanol–water partition coefficient (Wildman–Crippen LogP) is 6.78. The zero-order chi connectivity index (χ0) is 26.5. The number of esters is 1. The van der Waals surface area contributed by atoms with Gasteiger partial charge in [0.1, 0.15) is 23.2 Å². The molecule has 0 radical (unpaired) electrons. The molecule has 6 rings (SSSR count). The normalized spacial score (nSPS) is 30.1. The van der Waals surface area contributed by atoms with Gasteiger partial charge in [-0.25, -0.2) is 9.18 Å². The Balaban J connectivity index is 1.33. The highest BCUT2D eigenvalue weighted by atomic mass is 19.1. The van der Waals surface area contributed by atoms with Crippen LogP contribution in [-0.2, 0) is 9.53 Å². The zero-order valence-electron chi connectivity index (χ0n) is 23.2. The number of carbonyl (C=O) groups is 2. The maximum Gasteiger partial charge on any atom is 0.329 e. The fraction of sp³-hybridized carbons (Fsp3) is 0.742. The number of hydrogen-bond acceptors (Lipinski definition) is 4. The van der Waals surface area contributed by atoms with E-state index in [1.807, 2.05) is 13.8 Å². The van der Waals surface area contributed by atoms with E-state index in [1.54, 1.807) is 26.8 Å². The van der Waals surface area contributed by atoms with E-state index in [0.717, 1.165) is 36.2 Å². The van der Waals surface area contributed by atoms with Gasteiger partial charge in [0.15, 0.2) is 0 Å². The van der Waals surface area contributed by atoms with Crippen LogP contribution in [-0.4, -0.2) is 30.1 Å². The highest BCUT2D eigenvalue weighted by Crippen LogP contribution is 2.60. The van der Waals surface area contributed by atoms with Gasteiger partial charge in [-0.3, -0.25) is 4.79 Å². The molecule has 5 nitrogen and oxygen atoms in total. The molecule has 2 atom stereocenters. The summed E-state index contributed by atoms with van der Waals surface area (Å²) in [7, 11) is 0. The Kier molecular flexibility index (Phi) is 7.08. The molecule has 1 aromatic rings. The first-order valence-electron chi connectivity index (χ1n) is 14.4. The largest absolute Gasteiger partial charge is 0.493 e. The lowest BCUT2D eigenvalue weighted by Crippen LogP contribution is -2.48. The van der Waals surface area contributed by atoms with Crippen LogP contribution in [0.4, 0.5) is 4.39 Å². The van der Waals surface area contributed by atoms with Crippen LogP contribution in [0.25, 0.3) is 0 Å². The average molecular weight is 514 g/mol. The molecule has 1 aromatic carbocycles. The Hall–Kier alpha value is -2.11. The van der Waals surface area contributed by atoms with Crippen molar-refractivity contribution in [1.29, 1.82) is 0 Å². The molecule has 1 N–H and O–H groups in total. The highest BCUT2D eigenvalue weighted by molar-refractivity contribution is 5.97. The van der Waals surface area contributed by atoms with Crippen molar-refractivity contribution >= 4 is 11.9 Å². The zero-order valence-corrected chi connectivity index (χ0v) is 23.2. The second kappa shape index (κ2) is 9.89. The minimum absolute atomic E-state index is 0.0269. The van der Waals surface area contributed by atoms with E-state index in [1.165, 1.54) is 44.6 Å². The van der Waals surface area contributed by atoms with E-state index in [0.29, 0.717) is 24.7 Å². The predicted molar refractivity (Wildman–Crippen MR) is 141 cm³/mol. The SMILES string of the molecule is CCC(C)C(NC(=O)c1cc(C2CC2)c(OCC23CC4CC(CC(C4)C2)C3)cc1F)C(=O)OC(C)(C)C. The number of amides is 1. The minimum Gasteiger partial charge on any atom is -0.493 e. The van der Waals surface area contributed by atoms with Gasteiger partial charge in [-0.2, -0.15) is 0 Å². The van der Waals surface area contributed by atoms with Crippen LogP contribution in [0.15, 0.2) is 12.1 Å². The van der Waals surface area contributed by atoms with Gasteiger partial charge >= 0.3 is 5.97 Å². The summed E-state index contributed by atoms with van der Waals surface area (Å²) >= 11 is 0. The summed E-state index contributed by atoms with van der Waals surface area (Å²) in [5.74, 6) is 1.59. The van der Waals surface area contributed by atoms with Crippen molar-refractivity contribution < 1.29 is 23.5 Å². The summed E-state index contributed by atoms with van der Waals surface area (Å²) in [5, 5.41) is 2.78. The summed E-state index contributed by atoms with van der Waals surface area (Å²) in [6.45, 7) is 9.88. The van der Waals surface area contributed by atoms with Crippen LogP contribution >= 0.6 is 0 Å². The maximum absolute atomic E-state index is 15.4. The number of carbonyl (C=O) groups excluding carboxylic acids is 2. The van der Waals surface area contributed by atoms with Crippen LogP contribution in [0.1, 0.15) is 114 Å². The van der Waals surface area contributed by atoms with Gasteiger partial charge in [0.05, 0.1) is 12.2 Å². The minimum atomic E-state index is -0.840. The molecule has 0 aliphatic heterocycles. The van der Waals surface area contributed by atoms with Gasteiger partial charge in [0.2, 0.25) is 0 Å². The Morgan fingerprint density at radius 1 is 1.08 bits per heavy atom. The summed E-state index contributed by atoms with van der Waals surface area (Å²) in [4.78, 5) is 26.1. The molecule has 1 amide bonds. The van der Waals surface area contributed by atoms with Gasteiger partial charge < -0.3 is 14.8 Å². The van der Waals surface area contributed by atoms with Crippen molar-refractivity contribution in [3.8, 4) is 5.75 Å². The quantitative estimate of drug-likeness (QED) is 0.370. The van der Waals surface area contributed by atoms with E-state index in [9.17, 15) is 9.59 Å². The molecule has 5 saturated carbocycles. The first-order valence-corrected chi connectivity index (χ1v) is 14.4. The molecule has 5 fully saturated rings. The van der Waals surface area contributed by atoms with E-state index in [-0.39, 0.29) is 16.9 Å². The Labute approximate surface area is 221 Å². The summed E-state index contributed by atoms with van der Waals surface area (Å²) in [6.07, 6.45) is 10.6. The second-order valence-electron chi connectivity index (χ2n) is 13.7. The fourth-order valence-corrected chi connectivity index (χ4v) is 7.54. The molecule has 5 aliphatic rings. The van der Waals surface area contributed by atoms with Gasteiger partial charge in [-0.15, -0.1) is 0 Å². The van der Waals surface area contributed by atoms with E-state index < -0.39 is 29.3 Å². The van der Waals surface area contributed by atoms with Crippen molar-refractivity contribution in [1.82, 2.24) is 5.32 Å². The molecular formula is C31H44FNO4. The van der Waals surface area contributed by atoms with Gasteiger partial charge in [-0.05, 0) is 113 Å². The van der Waals surface area contributed by atoms with E-state index in [4.69, 9.17) is 9.47 Å². The van der Waals surface area contributed by atoms with Crippen LogP contribution in [0.3, 0.4) is 0 Å². The number of ether oxygens (including phenoxy) is 2. The van der Waals surface area contributed by atoms with Crippen LogP contribution in [0, 0.1) is 34.9 Å². The van der Waals surface area contributed by atoms with Crippen molar-refractivity contribution in [2.45, 2.75) is 110 Å². The third-order valence-electron chi connectivity index (χ3n) is 9.22. The number of nitrogens with one attached hydrogen (secondary N) is 1. The number of benzene rings is 1. The lowest BCUT2D eigenvalue weighted by Gasteiger charge is -2.56. The second-order valence-corrected chi connectivity index (χ2v) is 13.7. The van der Waals surface area contributed by atoms with Crippen molar-refractivity contribution in [2.75, 3.05) is 6.61 Å². The fourth-order valence-electron chi connectivity index (χ4n) is 7.54. The van der Waals surface area contributed by atoms with Gasteiger partial charge in [0.25, 0.3) is 5.91 Å². The summed E-state index contributed by atoms with van der Waals surface area (Å²) < 4.78 is 27.4. The third-order valence-corrected chi connectivity index (χ3v) is 9.22. The average Bonchev–Trinajstić information content (AvgIpc) is 3.64. The molecule has 0 saturated heterocycles. The highest BCUT2D eigenvalue weighted by Gasteiger charge is 2.51. The maximum atomic E-state index is 15.4. The number of hydrogen-bond donors (Lipinski definition) is 1. The van der Waals surface area contributed by atoms with E-state index in [2.05, 4.69) is 5.32 Å². The molecule has 204 valence electrons. The van der Waals surface area contributed by atoms with Gasteiger partial charge in [0, 0.05) is 11.5 Å². The Morgan fingerprint density at radius 3 is 2.19 bits per heavy atom. The number of rotatable bonds is 9. The molecule has 5 aliphatic carbocycles. The lowest BCUT2D eigenvalue weighted by atomic mass is 9.50. The molecule has 4 bridgehead atoms. The number of halogens is 1. The Bertz CT molecular complexity index is 1010. The first-order chi connectivity index (χ1) is 17.4. The molecule has 37 heavy (non-hydrogen) atoms. The molecular weight excluding hydrogens is 469 g/mol. The van der Waals surface area contributed by atoms with E-state index >= 15 is 4.39 Å². The molecule has 2 unspecified atom stereocenters. The van der Waals surface area contributed by atoms with Crippen LogP contribution in [0.5, 0.6) is 5.75 Å². The van der Waals surface area contributed by atoms with Crippen molar-refractivity contribution in [3.63, 3.8) is 0 Å². The first kappa shape index (κ1) is 26.5. The summed E-state index contributed by atoms with van der Waals surface area (Å²) in [5.41, 5.74) is 0.460. The van der Waals surface area contributed by atoms with Gasteiger partial charge in [-0.1, -0.05) is 20.3 Å². The van der Waals surface area contributed by atoms with Crippen molar-refractivity contribution in [2.24, 2.45) is 29.1 Å². The smallest absolute Gasteiger partial charge is 0.329 e. The van der Waals surface area contributed by atoms with Crippen molar-refractivity contribution in [3.05, 3.63) is 29.1 Å². The topological polar surface area (TPSA) is 64.6 Å². The monoisotopic (exact) mass is 513 g/mol. The standard InChI is InChI=1S/C31H44FNO4/c1-6-18(2)27(29(35)37-30(3,4)5)33-28(34)24-12-23(22-7-8-22)26(13-25(24)32)36-17-31-14-19-9-20(15-31)11-21(10-19)16-31/h12-13,18-22,27H,6-11,14-17H2,1-5H3,(H,33,34). The lowest BCUT2D eigenvalue weighted by molar-refractivity contribution is -0.158. The Morgan fingerprint density at radius 2 is 1.68 bits per heavy atom. The molecule has 0 aromatic heterocycles. The molecule has 0 spiro atoms. The summed E-state index contributed by atoms with van der Waals surface area (Å²) in [6, 6.07) is 2.24. The van der Waals surface area contributed by atoms with Crippen LogP contribution < -0.4 is 10.1 Å². The third kappa shape index (κ3) is 5.83.